The molecule has 0 aliphatic carbocycles. The molecule has 93 valence electrons. The number of aryl methyl sites for hydroxylation is 1. The molecule has 1 aliphatic rings. The van der Waals surface area contributed by atoms with Crippen molar-refractivity contribution in [1.82, 2.24) is 0 Å². The van der Waals surface area contributed by atoms with E-state index in [9.17, 15) is 0 Å². The van der Waals surface area contributed by atoms with E-state index in [4.69, 9.17) is 10.1 Å². The molecule has 17 heavy (non-hydrogen) atoms. The fourth-order valence-corrected chi connectivity index (χ4v) is 3.05. The molecule has 1 aromatic carbocycles. The zero-order chi connectivity index (χ0) is 12.4. The van der Waals surface area contributed by atoms with Crippen LogP contribution in [-0.2, 0) is 26.6 Å². The van der Waals surface area contributed by atoms with Crippen LogP contribution in [0.15, 0.2) is 18.2 Å². The van der Waals surface area contributed by atoms with Gasteiger partial charge in [0.05, 0.1) is 0 Å². The van der Waals surface area contributed by atoms with Crippen LogP contribution >= 0.6 is 11.8 Å². The molecule has 0 radical (unpaired) electrons. The van der Waals surface area contributed by atoms with Crippen LogP contribution in [0.2, 0.25) is 0 Å². The summed E-state index contributed by atoms with van der Waals surface area (Å²) in [5.41, 5.74) is 3.28. The van der Waals surface area contributed by atoms with Gasteiger partial charge in [-0.1, -0.05) is 0 Å². The zero-order valence-electron chi connectivity index (χ0n) is 9.74. The van der Waals surface area contributed by atoms with Crippen LogP contribution in [0.5, 0.6) is 0 Å². The van der Waals surface area contributed by atoms with Crippen molar-refractivity contribution in [3.63, 3.8) is 0 Å². The summed E-state index contributed by atoms with van der Waals surface area (Å²) in [4.78, 5) is 1.87. The fourth-order valence-electron chi connectivity index (χ4n) is 1.80. The van der Waals surface area contributed by atoms with Gasteiger partial charge in [-0.3, -0.25) is 0 Å². The Morgan fingerprint density at radius 1 is 1.53 bits per heavy atom. The van der Waals surface area contributed by atoms with Gasteiger partial charge >= 0.3 is 113 Å². The number of benzene rings is 1. The first-order valence-electron chi connectivity index (χ1n) is 5.22. The molecule has 1 aromatic rings. The van der Waals surface area contributed by atoms with Gasteiger partial charge in [-0.05, 0) is 0 Å². The second-order valence-electron chi connectivity index (χ2n) is 3.84. The summed E-state index contributed by atoms with van der Waals surface area (Å²) in [6, 6.07) is 6.17. The summed E-state index contributed by atoms with van der Waals surface area (Å²) in [5, 5.41) is 8.46. The van der Waals surface area contributed by atoms with Crippen LogP contribution in [0.1, 0.15) is 11.1 Å². The SMILES string of the molecule is COCc1cc(C)ccc1N1C(=N)SC[C]1=[Co]. The molecule has 1 N–H and O–H groups in total. The number of ether oxygens (including phenoxy) is 1. The first kappa shape index (κ1) is 12.8. The van der Waals surface area contributed by atoms with Crippen LogP contribution in [0.25, 0.3) is 0 Å². The quantitative estimate of drug-likeness (QED) is 0.929. The van der Waals surface area contributed by atoms with Crippen LogP contribution in [0.4, 0.5) is 5.69 Å². The molecule has 0 amide bonds. The van der Waals surface area contributed by atoms with Gasteiger partial charge in [0.25, 0.3) is 0 Å². The second kappa shape index (κ2) is 5.35. The van der Waals surface area contributed by atoms with Gasteiger partial charge in [-0.15, -0.1) is 0 Å². The molecule has 2 rings (SSSR count). The third kappa shape index (κ3) is 2.62. The van der Waals surface area contributed by atoms with Crippen molar-refractivity contribution in [2.24, 2.45) is 0 Å². The molecule has 1 heterocycles. The number of hydrogen-bond acceptors (Lipinski definition) is 3. The van der Waals surface area contributed by atoms with E-state index in [2.05, 4.69) is 28.3 Å². The predicted octanol–water partition coefficient (Wildman–Crippen LogP) is 2.31. The first-order valence-corrected chi connectivity index (χ1v) is 6.73. The molecule has 0 spiro atoms. The van der Waals surface area contributed by atoms with Gasteiger partial charge in [0.1, 0.15) is 0 Å². The van der Waals surface area contributed by atoms with Crippen LogP contribution < -0.4 is 4.90 Å². The van der Waals surface area contributed by atoms with E-state index in [0.29, 0.717) is 11.8 Å². The van der Waals surface area contributed by atoms with Gasteiger partial charge in [-0.25, -0.2) is 0 Å². The topological polar surface area (TPSA) is 36.3 Å². The molecule has 1 saturated heterocycles. The molecule has 0 aromatic heterocycles. The zero-order valence-corrected chi connectivity index (χ0v) is 11.6. The van der Waals surface area contributed by atoms with Gasteiger partial charge in [0.15, 0.2) is 0 Å². The summed E-state index contributed by atoms with van der Waals surface area (Å²) >= 11 is 5.99. The van der Waals surface area contributed by atoms with Crippen molar-refractivity contribution in [1.29, 1.82) is 5.41 Å². The Labute approximate surface area is 113 Å². The van der Waals surface area contributed by atoms with Crippen molar-refractivity contribution in [2.45, 2.75) is 13.5 Å². The molecule has 1 fully saturated rings. The van der Waals surface area contributed by atoms with Crippen molar-refractivity contribution in [2.75, 3.05) is 17.8 Å². The summed E-state index contributed by atoms with van der Waals surface area (Å²) in [5.74, 6) is 0.763. The van der Waals surface area contributed by atoms with Crippen molar-refractivity contribution >= 4 is 27.2 Å². The Kier molecular flexibility index (Phi) is 4.03. The third-order valence-electron chi connectivity index (χ3n) is 2.53. The maximum absolute atomic E-state index is 7.93. The van der Waals surface area contributed by atoms with Gasteiger partial charge in [0, 0.05) is 0 Å². The summed E-state index contributed by atoms with van der Waals surface area (Å²) in [6.45, 7) is 2.60. The van der Waals surface area contributed by atoms with E-state index < -0.39 is 0 Å². The average molecular weight is 293 g/mol. The molecule has 0 unspecified atom stereocenters. The van der Waals surface area contributed by atoms with E-state index in [1.807, 2.05) is 17.0 Å². The number of nitrogens with one attached hydrogen (secondary N) is 1. The predicted molar refractivity (Wildman–Crippen MR) is 69.6 cm³/mol. The Balaban J connectivity index is 2.43. The molecule has 0 saturated carbocycles. The van der Waals surface area contributed by atoms with Gasteiger partial charge in [0.2, 0.25) is 0 Å². The number of amidine groups is 1. The van der Waals surface area contributed by atoms with E-state index in [1.54, 1.807) is 7.11 Å². The minimum atomic E-state index is 0.523. The third-order valence-corrected chi connectivity index (χ3v) is 4.04. The first-order chi connectivity index (χ1) is 8.13. The number of anilines is 1. The number of hydrogen-bond donors (Lipinski definition) is 1. The van der Waals surface area contributed by atoms with Crippen LogP contribution in [0, 0.1) is 12.3 Å². The number of thioether (sulfide) groups is 1. The van der Waals surface area contributed by atoms with Gasteiger partial charge < -0.3 is 0 Å². The molecule has 3 nitrogen and oxygen atoms in total. The summed E-state index contributed by atoms with van der Waals surface area (Å²) in [7, 11) is 1.68. The monoisotopic (exact) mass is 293 g/mol. The van der Waals surface area contributed by atoms with Crippen LogP contribution in [0.3, 0.4) is 0 Å². The van der Waals surface area contributed by atoms with Crippen molar-refractivity contribution in [3.05, 3.63) is 29.3 Å². The minimum absolute atomic E-state index is 0.523. The van der Waals surface area contributed by atoms with E-state index in [-0.39, 0.29) is 0 Å². The molecule has 0 atom stereocenters. The van der Waals surface area contributed by atoms with Crippen molar-refractivity contribution in [3.8, 4) is 0 Å². The number of methoxy groups -OCH3 is 1. The second-order valence-corrected chi connectivity index (χ2v) is 5.41. The molecule has 0 bridgehead atoms. The summed E-state index contributed by atoms with van der Waals surface area (Å²) in [6.07, 6.45) is 0. The standard InChI is InChI=1S/C12H14N2OS.Co/c1-9-3-4-11(10(7-9)8-15-2)14-5-6-16-12(14)13;/h3-4,7,13H,6,8H2,1-2H3;. The Bertz CT molecular complexity index is 460. The number of rotatable bonds is 3. The van der Waals surface area contributed by atoms with Crippen molar-refractivity contribution < 1.29 is 20.0 Å². The van der Waals surface area contributed by atoms with Gasteiger partial charge in [-0.2, -0.15) is 0 Å². The Morgan fingerprint density at radius 3 is 2.88 bits per heavy atom. The Hall–Kier alpha value is -0.624. The molecule has 1 aliphatic heterocycles. The maximum atomic E-state index is 7.93. The fraction of sp³-hybridized carbons (Fsp3) is 0.333. The average Bonchev–Trinajstić information content (AvgIpc) is 2.61. The van der Waals surface area contributed by atoms with E-state index in [1.165, 1.54) is 17.3 Å². The summed E-state index contributed by atoms with van der Waals surface area (Å²) < 4.78 is 6.11. The van der Waals surface area contributed by atoms with E-state index in [0.717, 1.165) is 21.6 Å². The molecular weight excluding hydrogens is 279 g/mol. The van der Waals surface area contributed by atoms with E-state index >= 15 is 0 Å². The van der Waals surface area contributed by atoms with Crippen LogP contribution in [-0.4, -0.2) is 22.6 Å². The molecule has 5 heteroatoms. The Morgan fingerprint density at radius 2 is 2.29 bits per heavy atom. The normalized spacial score (nSPS) is 15.8. The molecular formula is C12H14CoN2OS. The number of nitrogens with zero attached hydrogens (tertiary/aromatic N) is 1.